The third kappa shape index (κ3) is 1.58. The van der Waals surface area contributed by atoms with E-state index in [0.717, 1.165) is 0 Å². The van der Waals surface area contributed by atoms with Crippen molar-refractivity contribution in [3.8, 4) is 0 Å². The van der Waals surface area contributed by atoms with Crippen molar-refractivity contribution < 1.29 is 9.18 Å². The van der Waals surface area contributed by atoms with Crippen molar-refractivity contribution in [1.29, 1.82) is 0 Å². The molecule has 0 aliphatic rings. The van der Waals surface area contributed by atoms with Gasteiger partial charge in [0.15, 0.2) is 22.2 Å². The quantitative estimate of drug-likeness (QED) is 0.584. The maximum atomic E-state index is 12.9. The Morgan fingerprint density at radius 3 is 2.67 bits per heavy atom. The number of rotatable bonds is 1. The van der Waals surface area contributed by atoms with Gasteiger partial charge in [-0.15, -0.1) is 0 Å². The number of hydrogen-bond acceptors (Lipinski definition) is 4. The minimum atomic E-state index is -0.870. The van der Waals surface area contributed by atoms with Crippen LogP contribution in [-0.4, -0.2) is 15.8 Å². The van der Waals surface area contributed by atoms with Gasteiger partial charge in [0.05, 0.1) is 0 Å². The van der Waals surface area contributed by atoms with Gasteiger partial charge < -0.3 is 5.73 Å². The second-order valence-corrected chi connectivity index (χ2v) is 2.81. The van der Waals surface area contributed by atoms with E-state index in [4.69, 9.17) is 5.73 Å². The third-order valence-corrected chi connectivity index (χ3v) is 1.54. The van der Waals surface area contributed by atoms with Crippen LogP contribution in [0.25, 0.3) is 0 Å². The van der Waals surface area contributed by atoms with E-state index in [-0.39, 0.29) is 16.2 Å². The molecule has 0 aliphatic carbocycles. The number of nitrogen functional groups attached to an aromatic ring is 1. The van der Waals surface area contributed by atoms with Crippen molar-refractivity contribution >= 4 is 27.5 Å². The Kier molecular flexibility index (Phi) is 2.37. The molecule has 1 rings (SSSR count). The van der Waals surface area contributed by atoms with E-state index in [9.17, 15) is 9.18 Å². The Morgan fingerprint density at radius 2 is 2.17 bits per heavy atom. The zero-order chi connectivity index (χ0) is 9.30. The Morgan fingerprint density at radius 1 is 1.58 bits per heavy atom. The maximum absolute atomic E-state index is 12.9. The minimum absolute atomic E-state index is 0.103. The molecule has 0 saturated carbocycles. The normalized spacial score (nSPS) is 9.92. The third-order valence-electron chi connectivity index (χ3n) is 1.18. The second kappa shape index (κ2) is 3.14. The molecular formula is C6H5BrFN3O. The molecule has 0 spiro atoms. The number of halogens is 2. The first-order chi connectivity index (χ1) is 5.52. The van der Waals surface area contributed by atoms with Gasteiger partial charge in [-0.2, -0.15) is 0 Å². The molecule has 64 valence electrons. The van der Waals surface area contributed by atoms with Crippen molar-refractivity contribution in [3.05, 3.63) is 16.2 Å². The van der Waals surface area contributed by atoms with Gasteiger partial charge in [0.1, 0.15) is 5.69 Å². The minimum Gasteiger partial charge on any atom is -0.381 e. The molecule has 0 atom stereocenters. The molecule has 4 nitrogen and oxygen atoms in total. The van der Waals surface area contributed by atoms with E-state index in [1.807, 2.05) is 0 Å². The zero-order valence-electron chi connectivity index (χ0n) is 6.14. The molecule has 0 unspecified atom stereocenters. The van der Waals surface area contributed by atoms with Crippen LogP contribution in [0.4, 0.5) is 10.2 Å². The number of nitrogens with two attached hydrogens (primary N) is 1. The van der Waals surface area contributed by atoms with Crippen LogP contribution in [0.3, 0.4) is 0 Å². The van der Waals surface area contributed by atoms with E-state index in [1.54, 1.807) is 0 Å². The summed E-state index contributed by atoms with van der Waals surface area (Å²) in [6, 6.07) is 0. The molecule has 0 radical (unpaired) electrons. The van der Waals surface area contributed by atoms with Gasteiger partial charge in [0.25, 0.3) is 0 Å². The number of Topliss-reactive ketones (excluding diaryl/α,β-unsaturated/α-hetero) is 1. The maximum Gasteiger partial charge on any atom is 0.199 e. The monoisotopic (exact) mass is 233 g/mol. The molecule has 1 heterocycles. The first-order valence-electron chi connectivity index (χ1n) is 3.02. The highest BCUT2D eigenvalue weighted by molar-refractivity contribution is 9.10. The molecule has 2 N–H and O–H groups in total. The molecule has 0 fully saturated rings. The average molecular weight is 234 g/mol. The summed E-state index contributed by atoms with van der Waals surface area (Å²) in [6.07, 6.45) is 0. The van der Waals surface area contributed by atoms with E-state index in [2.05, 4.69) is 25.9 Å². The van der Waals surface area contributed by atoms with Crippen LogP contribution in [0.1, 0.15) is 17.4 Å². The van der Waals surface area contributed by atoms with Crippen LogP contribution < -0.4 is 5.73 Å². The lowest BCUT2D eigenvalue weighted by atomic mass is 10.3. The molecule has 0 aromatic carbocycles. The van der Waals surface area contributed by atoms with Crippen molar-refractivity contribution in [2.75, 3.05) is 5.73 Å². The van der Waals surface area contributed by atoms with E-state index in [0.29, 0.717) is 0 Å². The number of hydrogen-bond donors (Lipinski definition) is 1. The number of nitrogens with zero attached hydrogens (tertiary/aromatic N) is 2. The largest absolute Gasteiger partial charge is 0.381 e. The number of aromatic nitrogens is 2. The highest BCUT2D eigenvalue weighted by Crippen LogP contribution is 2.14. The Bertz CT molecular complexity index is 342. The van der Waals surface area contributed by atoms with Crippen LogP contribution in [0, 0.1) is 5.82 Å². The van der Waals surface area contributed by atoms with Crippen molar-refractivity contribution in [2.24, 2.45) is 0 Å². The lowest BCUT2D eigenvalue weighted by molar-refractivity contribution is 0.100. The lowest BCUT2D eigenvalue weighted by Gasteiger charge is -2.00. The van der Waals surface area contributed by atoms with Gasteiger partial charge in [0, 0.05) is 6.92 Å². The summed E-state index contributed by atoms with van der Waals surface area (Å²) in [5.41, 5.74) is 4.85. The van der Waals surface area contributed by atoms with Crippen LogP contribution in [0.15, 0.2) is 4.73 Å². The molecule has 0 saturated heterocycles. The first-order valence-corrected chi connectivity index (χ1v) is 3.81. The topological polar surface area (TPSA) is 68.9 Å². The fourth-order valence-corrected chi connectivity index (χ4v) is 1.04. The Hall–Kier alpha value is -1.04. The summed E-state index contributed by atoms with van der Waals surface area (Å²) in [5.74, 6) is -1.69. The zero-order valence-corrected chi connectivity index (χ0v) is 7.72. The van der Waals surface area contributed by atoms with Crippen molar-refractivity contribution in [2.45, 2.75) is 6.92 Å². The van der Waals surface area contributed by atoms with Crippen LogP contribution >= 0.6 is 15.9 Å². The summed E-state index contributed by atoms with van der Waals surface area (Å²) >= 11 is 2.89. The van der Waals surface area contributed by atoms with Crippen LogP contribution in [0.5, 0.6) is 0 Å². The Balaban J connectivity index is 3.37. The summed E-state index contributed by atoms with van der Waals surface area (Å²) in [7, 11) is 0. The molecule has 0 amide bonds. The van der Waals surface area contributed by atoms with Crippen LogP contribution in [0.2, 0.25) is 0 Å². The lowest BCUT2D eigenvalue weighted by Crippen LogP contribution is -2.07. The molecule has 0 aliphatic heterocycles. The SMILES string of the molecule is CC(=O)c1nc(Br)nc(N)c1F. The Labute approximate surface area is 76.1 Å². The average Bonchev–Trinajstić information content (AvgIpc) is 1.96. The fraction of sp³-hybridized carbons (Fsp3) is 0.167. The summed E-state index contributed by atoms with van der Waals surface area (Å²) in [6.45, 7) is 1.21. The number of carbonyl (C=O) groups is 1. The van der Waals surface area contributed by atoms with Gasteiger partial charge in [-0.3, -0.25) is 4.79 Å². The molecule has 12 heavy (non-hydrogen) atoms. The van der Waals surface area contributed by atoms with Gasteiger partial charge in [-0.25, -0.2) is 14.4 Å². The molecule has 1 aromatic rings. The highest BCUT2D eigenvalue weighted by Gasteiger charge is 2.14. The number of ketones is 1. The standard InChI is InChI=1S/C6H5BrFN3O/c1-2(12)4-3(8)5(9)11-6(7)10-4/h1H3,(H2,9,10,11). The van der Waals surface area contributed by atoms with Gasteiger partial charge in [-0.1, -0.05) is 0 Å². The van der Waals surface area contributed by atoms with E-state index >= 15 is 0 Å². The van der Waals surface area contributed by atoms with Crippen molar-refractivity contribution in [3.63, 3.8) is 0 Å². The smallest absolute Gasteiger partial charge is 0.199 e. The summed E-state index contributed by atoms with van der Waals surface area (Å²) < 4.78 is 13.0. The number of anilines is 1. The predicted octanol–water partition coefficient (Wildman–Crippen LogP) is 1.16. The van der Waals surface area contributed by atoms with Gasteiger partial charge >= 0.3 is 0 Å². The fourth-order valence-electron chi connectivity index (χ4n) is 0.669. The van der Waals surface area contributed by atoms with Crippen molar-refractivity contribution in [1.82, 2.24) is 9.97 Å². The van der Waals surface area contributed by atoms with Crippen LogP contribution in [-0.2, 0) is 0 Å². The van der Waals surface area contributed by atoms with E-state index < -0.39 is 11.6 Å². The van der Waals surface area contributed by atoms with Gasteiger partial charge in [0.2, 0.25) is 0 Å². The summed E-state index contributed by atoms with van der Waals surface area (Å²) in [4.78, 5) is 17.8. The first kappa shape index (κ1) is 9.05. The second-order valence-electron chi connectivity index (χ2n) is 2.10. The molecule has 0 bridgehead atoms. The summed E-state index contributed by atoms with van der Waals surface area (Å²) in [5, 5.41) is 0. The van der Waals surface area contributed by atoms with Gasteiger partial charge in [-0.05, 0) is 15.9 Å². The number of carbonyl (C=O) groups excluding carboxylic acids is 1. The van der Waals surface area contributed by atoms with E-state index in [1.165, 1.54) is 6.92 Å². The highest BCUT2D eigenvalue weighted by atomic mass is 79.9. The predicted molar refractivity (Wildman–Crippen MR) is 44.1 cm³/mol. The molecular weight excluding hydrogens is 229 g/mol. The molecule has 6 heteroatoms. The molecule has 1 aromatic heterocycles.